The second kappa shape index (κ2) is 7.07. The van der Waals surface area contributed by atoms with Gasteiger partial charge in [-0.3, -0.25) is 9.59 Å². The Morgan fingerprint density at radius 1 is 1.07 bits per heavy atom. The van der Waals surface area contributed by atoms with Gasteiger partial charge in [0.15, 0.2) is 0 Å². The lowest BCUT2D eigenvalue weighted by molar-refractivity contribution is -0.117. The zero-order valence-electron chi connectivity index (χ0n) is 14.9. The van der Waals surface area contributed by atoms with Crippen molar-refractivity contribution < 1.29 is 14.1 Å². The molecule has 0 spiro atoms. The average molecular weight is 361 g/mol. The van der Waals surface area contributed by atoms with Crippen LogP contribution >= 0.6 is 0 Å². The third-order valence-corrected chi connectivity index (χ3v) is 4.79. The quantitative estimate of drug-likeness (QED) is 0.711. The van der Waals surface area contributed by atoms with Crippen LogP contribution in [0, 0.1) is 0 Å². The maximum Gasteiger partial charge on any atom is 0.296 e. The molecule has 3 aromatic rings. The predicted molar refractivity (Wildman–Crippen MR) is 102 cm³/mol. The maximum absolute atomic E-state index is 12.8. The van der Waals surface area contributed by atoms with E-state index in [4.69, 9.17) is 4.52 Å². The summed E-state index contributed by atoms with van der Waals surface area (Å²) in [5.41, 5.74) is 2.58. The highest BCUT2D eigenvalue weighted by atomic mass is 16.5. The number of amides is 2. The second-order valence-corrected chi connectivity index (χ2v) is 6.42. The summed E-state index contributed by atoms with van der Waals surface area (Å²) in [6.45, 7) is 2.06. The molecule has 0 unspecified atom stereocenters. The first kappa shape index (κ1) is 17.0. The summed E-state index contributed by atoms with van der Waals surface area (Å²) < 4.78 is 5.04. The molecule has 2 amide bonds. The molecule has 6 nitrogen and oxygen atoms in total. The Morgan fingerprint density at radius 3 is 2.52 bits per heavy atom. The summed E-state index contributed by atoms with van der Waals surface area (Å²) in [5, 5.41) is 3.62. The predicted octanol–water partition coefficient (Wildman–Crippen LogP) is 3.82. The Hall–Kier alpha value is -3.41. The molecule has 1 atom stereocenters. The number of carbonyl (C=O) groups excluding carboxylic acids is 2. The fourth-order valence-electron chi connectivity index (χ4n) is 3.65. The molecule has 1 aromatic heterocycles. The van der Waals surface area contributed by atoms with Crippen LogP contribution in [0.1, 0.15) is 35.5 Å². The van der Waals surface area contributed by atoms with Crippen LogP contribution in [0.15, 0.2) is 71.4 Å². The Labute approximate surface area is 157 Å². The standard InChI is InChI=1S/C21H19N3O3/c1-15(25)24(16-7-3-2-4-8-16)19-12-14-23(18-10-6-5-9-17(18)19)21(26)20-11-13-22-27-20/h2-11,13,19H,12,14H2,1H3/t19-/m1/s1. The topological polar surface area (TPSA) is 66.7 Å². The van der Waals surface area contributed by atoms with Gasteiger partial charge in [-0.25, -0.2) is 0 Å². The molecule has 2 heterocycles. The van der Waals surface area contributed by atoms with Crippen molar-refractivity contribution in [2.24, 2.45) is 0 Å². The van der Waals surface area contributed by atoms with Crippen LogP contribution in [0.2, 0.25) is 0 Å². The van der Waals surface area contributed by atoms with Crippen molar-refractivity contribution in [3.63, 3.8) is 0 Å². The highest BCUT2D eigenvalue weighted by Gasteiger charge is 2.34. The van der Waals surface area contributed by atoms with E-state index in [1.54, 1.807) is 22.8 Å². The lowest BCUT2D eigenvalue weighted by atomic mass is 9.94. The van der Waals surface area contributed by atoms with Gasteiger partial charge in [0.2, 0.25) is 11.7 Å². The lowest BCUT2D eigenvalue weighted by Gasteiger charge is -2.39. The molecule has 136 valence electrons. The highest BCUT2D eigenvalue weighted by molar-refractivity contribution is 6.05. The van der Waals surface area contributed by atoms with E-state index in [9.17, 15) is 9.59 Å². The van der Waals surface area contributed by atoms with E-state index < -0.39 is 0 Å². The summed E-state index contributed by atoms with van der Waals surface area (Å²) in [4.78, 5) is 28.8. The fourth-order valence-corrected chi connectivity index (χ4v) is 3.65. The van der Waals surface area contributed by atoms with Gasteiger partial charge in [-0.05, 0) is 30.2 Å². The molecule has 6 heteroatoms. The zero-order valence-corrected chi connectivity index (χ0v) is 14.9. The molecule has 1 aliphatic rings. The number of rotatable bonds is 3. The number of hydrogen-bond acceptors (Lipinski definition) is 4. The van der Waals surface area contributed by atoms with Crippen molar-refractivity contribution in [3.05, 3.63) is 78.2 Å². The van der Waals surface area contributed by atoms with Gasteiger partial charge in [0, 0.05) is 30.9 Å². The van der Waals surface area contributed by atoms with E-state index in [1.807, 2.05) is 54.6 Å². The molecule has 0 bridgehead atoms. The zero-order chi connectivity index (χ0) is 18.8. The average Bonchev–Trinajstić information content (AvgIpc) is 3.23. The SMILES string of the molecule is CC(=O)N(c1ccccc1)[C@@H]1CCN(C(=O)c2ccno2)c2ccccc21. The van der Waals surface area contributed by atoms with Crippen LogP contribution in [-0.2, 0) is 4.79 Å². The van der Waals surface area contributed by atoms with Gasteiger partial charge >= 0.3 is 0 Å². The van der Waals surface area contributed by atoms with Gasteiger partial charge in [0.1, 0.15) is 0 Å². The van der Waals surface area contributed by atoms with Crippen molar-refractivity contribution in [1.29, 1.82) is 0 Å². The number of carbonyl (C=O) groups is 2. The molecular formula is C21H19N3O3. The summed E-state index contributed by atoms with van der Waals surface area (Å²) in [5.74, 6) is -0.0572. The fraction of sp³-hybridized carbons (Fsp3) is 0.190. The molecule has 0 saturated heterocycles. The number of aromatic nitrogens is 1. The third kappa shape index (κ3) is 3.10. The summed E-state index contributed by atoms with van der Waals surface area (Å²) >= 11 is 0. The molecule has 0 radical (unpaired) electrons. The number of fused-ring (bicyclic) bond motifs is 1. The van der Waals surface area contributed by atoms with Crippen LogP contribution in [0.5, 0.6) is 0 Å². The Kier molecular flexibility index (Phi) is 4.46. The Bertz CT molecular complexity index is 954. The van der Waals surface area contributed by atoms with Gasteiger partial charge in [-0.2, -0.15) is 0 Å². The Balaban J connectivity index is 1.74. The van der Waals surface area contributed by atoms with Crippen molar-refractivity contribution in [1.82, 2.24) is 5.16 Å². The first-order valence-electron chi connectivity index (χ1n) is 8.83. The molecular weight excluding hydrogens is 342 g/mol. The van der Waals surface area contributed by atoms with Crippen LogP contribution in [0.3, 0.4) is 0 Å². The van der Waals surface area contributed by atoms with Crippen molar-refractivity contribution >= 4 is 23.2 Å². The van der Waals surface area contributed by atoms with Crippen LogP contribution in [-0.4, -0.2) is 23.5 Å². The molecule has 0 saturated carbocycles. The minimum Gasteiger partial charge on any atom is -0.351 e. The summed E-state index contributed by atoms with van der Waals surface area (Å²) in [6, 6.07) is 18.7. The molecule has 0 fully saturated rings. The van der Waals surface area contributed by atoms with E-state index in [1.165, 1.54) is 6.20 Å². The minimum absolute atomic E-state index is 0.0315. The normalized spacial score (nSPS) is 15.9. The van der Waals surface area contributed by atoms with Gasteiger partial charge in [0.25, 0.3) is 5.91 Å². The number of para-hydroxylation sites is 2. The highest BCUT2D eigenvalue weighted by Crippen LogP contribution is 2.40. The lowest BCUT2D eigenvalue weighted by Crippen LogP contribution is -2.42. The monoisotopic (exact) mass is 361 g/mol. The molecule has 4 rings (SSSR count). The minimum atomic E-state index is -0.229. The smallest absolute Gasteiger partial charge is 0.296 e. The van der Waals surface area contributed by atoms with Gasteiger partial charge < -0.3 is 14.3 Å². The third-order valence-electron chi connectivity index (χ3n) is 4.79. The van der Waals surface area contributed by atoms with Gasteiger partial charge in [0.05, 0.1) is 12.2 Å². The molecule has 2 aromatic carbocycles. The molecule has 0 aliphatic carbocycles. The number of anilines is 2. The first-order valence-corrected chi connectivity index (χ1v) is 8.83. The number of benzene rings is 2. The molecule has 1 aliphatic heterocycles. The van der Waals surface area contributed by atoms with Crippen LogP contribution in [0.4, 0.5) is 11.4 Å². The number of nitrogens with zero attached hydrogens (tertiary/aromatic N) is 3. The van der Waals surface area contributed by atoms with Crippen LogP contribution in [0.25, 0.3) is 0 Å². The van der Waals surface area contributed by atoms with Gasteiger partial charge in [-0.15, -0.1) is 0 Å². The van der Waals surface area contributed by atoms with Crippen molar-refractivity contribution in [2.45, 2.75) is 19.4 Å². The first-order chi connectivity index (χ1) is 13.2. The van der Waals surface area contributed by atoms with Crippen molar-refractivity contribution in [2.75, 3.05) is 16.3 Å². The number of hydrogen-bond donors (Lipinski definition) is 0. The second-order valence-electron chi connectivity index (χ2n) is 6.42. The van der Waals surface area contributed by atoms with E-state index in [-0.39, 0.29) is 23.6 Å². The van der Waals surface area contributed by atoms with E-state index >= 15 is 0 Å². The van der Waals surface area contributed by atoms with Crippen LogP contribution < -0.4 is 9.80 Å². The van der Waals surface area contributed by atoms with Gasteiger partial charge in [-0.1, -0.05) is 41.6 Å². The largest absolute Gasteiger partial charge is 0.351 e. The molecule has 27 heavy (non-hydrogen) atoms. The Morgan fingerprint density at radius 2 is 1.81 bits per heavy atom. The summed E-state index contributed by atoms with van der Waals surface area (Å²) in [7, 11) is 0. The summed E-state index contributed by atoms with van der Waals surface area (Å²) in [6.07, 6.45) is 2.09. The molecule has 0 N–H and O–H groups in total. The van der Waals surface area contributed by atoms with E-state index in [2.05, 4.69) is 5.16 Å². The van der Waals surface area contributed by atoms with Crippen molar-refractivity contribution in [3.8, 4) is 0 Å². The maximum atomic E-state index is 12.8. The van der Waals surface area contributed by atoms with E-state index in [0.29, 0.717) is 13.0 Å². The van der Waals surface area contributed by atoms with E-state index in [0.717, 1.165) is 16.9 Å².